The van der Waals surface area contributed by atoms with E-state index in [1.165, 1.54) is 10.6 Å². The van der Waals surface area contributed by atoms with Crippen molar-refractivity contribution in [3.05, 3.63) is 23.9 Å². The van der Waals surface area contributed by atoms with Crippen molar-refractivity contribution in [1.82, 2.24) is 14.6 Å². The molecule has 2 aliphatic rings. The largest absolute Gasteiger partial charge is 0.378 e. The van der Waals surface area contributed by atoms with Crippen LogP contribution in [0.1, 0.15) is 23.2 Å². The van der Waals surface area contributed by atoms with Crippen LogP contribution in [0, 0.1) is 5.92 Å². The molecule has 0 aromatic carbocycles. The molecule has 1 amide bonds. The zero-order valence-electron chi connectivity index (χ0n) is 15.1. The van der Waals surface area contributed by atoms with E-state index in [2.05, 4.69) is 15.2 Å². The lowest BCUT2D eigenvalue weighted by atomic mass is 9.98. The molecule has 0 saturated carbocycles. The minimum Gasteiger partial charge on any atom is -0.378 e. The van der Waals surface area contributed by atoms with E-state index < -0.39 is 10.0 Å². The van der Waals surface area contributed by atoms with Crippen LogP contribution in [0.15, 0.2) is 18.3 Å². The molecule has 3 heterocycles. The molecule has 9 heteroatoms. The first-order valence-corrected chi connectivity index (χ1v) is 10.8. The van der Waals surface area contributed by atoms with Crippen LogP contribution in [0.3, 0.4) is 0 Å². The number of rotatable bonds is 5. The number of sulfonamides is 1. The second kappa shape index (κ2) is 8.32. The molecule has 26 heavy (non-hydrogen) atoms. The molecule has 2 aliphatic heterocycles. The summed E-state index contributed by atoms with van der Waals surface area (Å²) in [7, 11) is -3.12. The molecule has 0 aliphatic carbocycles. The van der Waals surface area contributed by atoms with Crippen LogP contribution in [0.25, 0.3) is 0 Å². The number of pyridine rings is 1. The highest BCUT2D eigenvalue weighted by Gasteiger charge is 2.26. The van der Waals surface area contributed by atoms with Gasteiger partial charge in [-0.3, -0.25) is 4.79 Å². The second-order valence-electron chi connectivity index (χ2n) is 6.79. The van der Waals surface area contributed by atoms with Crippen LogP contribution in [0.4, 0.5) is 5.82 Å². The number of nitrogens with zero attached hydrogens (tertiary/aromatic N) is 3. The second-order valence-corrected chi connectivity index (χ2v) is 8.77. The van der Waals surface area contributed by atoms with Gasteiger partial charge in [0.05, 0.1) is 25.0 Å². The number of piperidine rings is 1. The van der Waals surface area contributed by atoms with E-state index in [-0.39, 0.29) is 5.91 Å². The third-order valence-electron chi connectivity index (χ3n) is 4.94. The summed E-state index contributed by atoms with van der Waals surface area (Å²) < 4.78 is 30.0. The lowest BCUT2D eigenvalue weighted by Gasteiger charge is -2.31. The fraction of sp³-hybridized carbons (Fsp3) is 0.647. The molecule has 0 unspecified atom stereocenters. The lowest BCUT2D eigenvalue weighted by molar-refractivity contribution is 0.0939. The zero-order valence-corrected chi connectivity index (χ0v) is 15.9. The Balaban J connectivity index is 1.56. The summed E-state index contributed by atoms with van der Waals surface area (Å²) in [5.41, 5.74) is 0.572. The van der Waals surface area contributed by atoms with Gasteiger partial charge in [0, 0.05) is 38.9 Å². The van der Waals surface area contributed by atoms with Crippen molar-refractivity contribution in [2.24, 2.45) is 5.92 Å². The van der Waals surface area contributed by atoms with Gasteiger partial charge in [0.1, 0.15) is 5.82 Å². The number of carbonyl (C=O) groups excluding carboxylic acids is 1. The van der Waals surface area contributed by atoms with Crippen LogP contribution in [0.2, 0.25) is 0 Å². The number of ether oxygens (including phenoxy) is 1. The maximum atomic E-state index is 12.7. The summed E-state index contributed by atoms with van der Waals surface area (Å²) in [6.07, 6.45) is 4.46. The standard InChI is InChI=1S/C17H26N4O4S/c1-26(23,24)21-7-4-14(5-8-21)13-19-17(22)15-3-2-6-18-16(15)20-9-11-25-12-10-20/h2-3,6,14H,4-5,7-13H2,1H3,(H,19,22). The first-order valence-electron chi connectivity index (χ1n) is 8.96. The molecule has 3 rings (SSSR count). The van der Waals surface area contributed by atoms with Gasteiger partial charge in [-0.05, 0) is 30.9 Å². The number of hydrogen-bond acceptors (Lipinski definition) is 6. The quantitative estimate of drug-likeness (QED) is 0.789. The highest BCUT2D eigenvalue weighted by Crippen LogP contribution is 2.20. The van der Waals surface area contributed by atoms with Gasteiger partial charge in [0.25, 0.3) is 5.91 Å². The minimum atomic E-state index is -3.12. The summed E-state index contributed by atoms with van der Waals surface area (Å²) in [4.78, 5) is 19.1. The van der Waals surface area contributed by atoms with Gasteiger partial charge in [-0.1, -0.05) is 0 Å². The van der Waals surface area contributed by atoms with Crippen LogP contribution < -0.4 is 10.2 Å². The lowest BCUT2D eigenvalue weighted by Crippen LogP contribution is -2.41. The topological polar surface area (TPSA) is 91.8 Å². The van der Waals surface area contributed by atoms with Crippen LogP contribution in [-0.4, -0.2) is 75.8 Å². The van der Waals surface area contributed by atoms with E-state index in [0.29, 0.717) is 50.1 Å². The van der Waals surface area contributed by atoms with Gasteiger partial charge in [0.15, 0.2) is 0 Å². The molecule has 2 saturated heterocycles. The maximum absolute atomic E-state index is 12.7. The summed E-state index contributed by atoms with van der Waals surface area (Å²) in [6.45, 7) is 4.31. The van der Waals surface area contributed by atoms with Gasteiger partial charge in [0.2, 0.25) is 10.0 Å². The Labute approximate surface area is 154 Å². The summed E-state index contributed by atoms with van der Waals surface area (Å²) in [5, 5.41) is 3.00. The monoisotopic (exact) mass is 382 g/mol. The van der Waals surface area contributed by atoms with E-state index >= 15 is 0 Å². The smallest absolute Gasteiger partial charge is 0.255 e. The number of aromatic nitrogens is 1. The highest BCUT2D eigenvalue weighted by atomic mass is 32.2. The molecule has 0 bridgehead atoms. The fourth-order valence-electron chi connectivity index (χ4n) is 3.38. The fourth-order valence-corrected chi connectivity index (χ4v) is 4.25. The third kappa shape index (κ3) is 4.72. The Hall–Kier alpha value is -1.71. The number of morpholine rings is 1. The van der Waals surface area contributed by atoms with Crippen LogP contribution >= 0.6 is 0 Å². The van der Waals surface area contributed by atoms with Gasteiger partial charge in [-0.2, -0.15) is 0 Å². The summed E-state index contributed by atoms with van der Waals surface area (Å²) in [6, 6.07) is 3.56. The number of anilines is 1. The molecule has 2 fully saturated rings. The number of nitrogens with one attached hydrogen (secondary N) is 1. The predicted molar refractivity (Wildman–Crippen MR) is 98.7 cm³/mol. The van der Waals surface area contributed by atoms with Crippen molar-refractivity contribution in [3.8, 4) is 0 Å². The Morgan fingerprint density at radius 1 is 1.27 bits per heavy atom. The van der Waals surface area contributed by atoms with Crippen molar-refractivity contribution in [3.63, 3.8) is 0 Å². The number of carbonyl (C=O) groups is 1. The molecular weight excluding hydrogens is 356 g/mol. The third-order valence-corrected chi connectivity index (χ3v) is 6.24. The van der Waals surface area contributed by atoms with Crippen LogP contribution in [0.5, 0.6) is 0 Å². The van der Waals surface area contributed by atoms with Gasteiger partial charge in [-0.25, -0.2) is 17.7 Å². The van der Waals surface area contributed by atoms with Gasteiger partial charge in [-0.15, -0.1) is 0 Å². The molecule has 0 radical (unpaired) electrons. The zero-order chi connectivity index (χ0) is 18.6. The molecule has 1 aromatic heterocycles. The Kier molecular flexibility index (Phi) is 6.10. The van der Waals surface area contributed by atoms with Gasteiger partial charge < -0.3 is 15.0 Å². The van der Waals surface area contributed by atoms with Gasteiger partial charge >= 0.3 is 0 Å². The van der Waals surface area contributed by atoms with E-state index in [4.69, 9.17) is 4.74 Å². The van der Waals surface area contributed by atoms with Crippen molar-refractivity contribution < 1.29 is 17.9 Å². The van der Waals surface area contributed by atoms with Crippen molar-refractivity contribution in [1.29, 1.82) is 0 Å². The van der Waals surface area contributed by atoms with Crippen molar-refractivity contribution >= 4 is 21.7 Å². The molecule has 8 nitrogen and oxygen atoms in total. The Bertz CT molecular complexity index is 726. The molecule has 1 N–H and O–H groups in total. The number of amides is 1. The van der Waals surface area contributed by atoms with E-state index in [1.54, 1.807) is 18.3 Å². The van der Waals surface area contributed by atoms with Crippen LogP contribution in [-0.2, 0) is 14.8 Å². The predicted octanol–water partition coefficient (Wildman–Crippen LogP) is 0.320. The van der Waals surface area contributed by atoms with E-state index in [9.17, 15) is 13.2 Å². The highest BCUT2D eigenvalue weighted by molar-refractivity contribution is 7.88. The molecule has 144 valence electrons. The van der Waals surface area contributed by atoms with Crippen molar-refractivity contribution in [2.45, 2.75) is 12.8 Å². The average molecular weight is 382 g/mol. The summed E-state index contributed by atoms with van der Waals surface area (Å²) in [5.74, 6) is 0.853. The first kappa shape index (κ1) is 19.1. The summed E-state index contributed by atoms with van der Waals surface area (Å²) >= 11 is 0. The van der Waals surface area contributed by atoms with E-state index in [0.717, 1.165) is 25.9 Å². The SMILES string of the molecule is CS(=O)(=O)N1CCC(CNC(=O)c2cccnc2N2CCOCC2)CC1. The molecular formula is C17H26N4O4S. The maximum Gasteiger partial charge on any atom is 0.255 e. The van der Waals surface area contributed by atoms with Crippen molar-refractivity contribution in [2.75, 3.05) is 57.1 Å². The molecule has 0 atom stereocenters. The Morgan fingerprint density at radius 3 is 2.62 bits per heavy atom. The minimum absolute atomic E-state index is 0.134. The normalized spacial score (nSPS) is 20.1. The first-order chi connectivity index (χ1) is 12.4. The molecule has 0 spiro atoms. The van der Waals surface area contributed by atoms with E-state index in [1.807, 2.05) is 0 Å². The number of hydrogen-bond donors (Lipinski definition) is 1. The average Bonchev–Trinajstić information content (AvgIpc) is 2.66. The molecule has 1 aromatic rings. The Morgan fingerprint density at radius 2 is 1.96 bits per heavy atom.